The molecule has 4 heterocycles. The highest BCUT2D eigenvalue weighted by molar-refractivity contribution is 7.92. The molecular weight excluding hydrogens is 436 g/mol. The molecule has 3 aromatic rings. The van der Waals surface area contributed by atoms with E-state index in [1.165, 1.54) is 22.9 Å². The summed E-state index contributed by atoms with van der Waals surface area (Å²) in [5.41, 5.74) is 6.01. The maximum atomic E-state index is 12.3. The van der Waals surface area contributed by atoms with E-state index in [2.05, 4.69) is 67.0 Å². The Morgan fingerprint density at radius 2 is 2.03 bits per heavy atom. The molecule has 1 aromatic carbocycles. The summed E-state index contributed by atoms with van der Waals surface area (Å²) in [6.07, 6.45) is 4.15. The quantitative estimate of drug-likeness (QED) is 0.604. The fourth-order valence-electron chi connectivity index (χ4n) is 4.25. The fourth-order valence-corrected chi connectivity index (χ4v) is 5.64. The number of aromatic nitrogens is 3. The van der Waals surface area contributed by atoms with Crippen LogP contribution in [0.25, 0.3) is 0 Å². The van der Waals surface area contributed by atoms with E-state index in [1.807, 2.05) is 6.07 Å². The molecule has 10 heteroatoms. The first-order valence-corrected chi connectivity index (χ1v) is 12.7. The number of anilines is 4. The number of fused-ring (bicyclic) bond motifs is 2. The summed E-state index contributed by atoms with van der Waals surface area (Å²) in [7, 11) is -0.145. The minimum absolute atomic E-state index is 0.294. The average Bonchev–Trinajstić information content (AvgIpc) is 3.07. The molecule has 2 N–H and O–H groups in total. The van der Waals surface area contributed by atoms with Crippen LogP contribution in [0.3, 0.4) is 0 Å². The Morgan fingerprint density at radius 3 is 2.85 bits per heavy atom. The Morgan fingerprint density at radius 1 is 1.18 bits per heavy atom. The normalized spacial score (nSPS) is 19.2. The Labute approximate surface area is 193 Å². The van der Waals surface area contributed by atoms with Crippen molar-refractivity contribution < 1.29 is 4.21 Å². The summed E-state index contributed by atoms with van der Waals surface area (Å²) < 4.78 is 16.5. The molecule has 9 nitrogen and oxygen atoms in total. The van der Waals surface area contributed by atoms with Crippen LogP contribution in [0.5, 0.6) is 0 Å². The first-order valence-electron chi connectivity index (χ1n) is 10.6. The summed E-state index contributed by atoms with van der Waals surface area (Å²) >= 11 is 0. The summed E-state index contributed by atoms with van der Waals surface area (Å²) in [6.45, 7) is 4.10. The van der Waals surface area contributed by atoms with Crippen molar-refractivity contribution in [1.82, 2.24) is 19.9 Å². The second-order valence-electron chi connectivity index (χ2n) is 8.61. The molecule has 0 radical (unpaired) electrons. The van der Waals surface area contributed by atoms with E-state index in [0.717, 1.165) is 30.8 Å². The number of rotatable bonds is 4. The van der Waals surface area contributed by atoms with Gasteiger partial charge in [0.1, 0.15) is 17.5 Å². The van der Waals surface area contributed by atoms with Crippen molar-refractivity contribution in [1.29, 1.82) is 5.26 Å². The number of pyridine rings is 1. The zero-order chi connectivity index (χ0) is 23.2. The minimum atomic E-state index is -2.27. The number of hydrogen-bond acceptors (Lipinski definition) is 9. The second-order valence-corrected chi connectivity index (χ2v) is 11.0. The van der Waals surface area contributed by atoms with Gasteiger partial charge in [0.25, 0.3) is 0 Å². The number of benzene rings is 1. The third-order valence-corrected chi connectivity index (χ3v) is 7.23. The van der Waals surface area contributed by atoms with Crippen LogP contribution in [0.1, 0.15) is 27.8 Å². The van der Waals surface area contributed by atoms with Crippen LogP contribution in [0.2, 0.25) is 0 Å². The molecule has 168 valence electrons. The Bertz CT molecular complexity index is 1440. The van der Waals surface area contributed by atoms with Crippen molar-refractivity contribution in [2.45, 2.75) is 25.6 Å². The highest BCUT2D eigenvalue weighted by atomic mass is 32.2. The van der Waals surface area contributed by atoms with E-state index in [1.54, 1.807) is 12.3 Å². The second kappa shape index (κ2) is 8.10. The molecule has 0 fully saturated rings. The predicted octanol–water partition coefficient (Wildman–Crippen LogP) is 3.77. The number of hydrogen-bond donors (Lipinski definition) is 2. The zero-order valence-corrected chi connectivity index (χ0v) is 19.5. The Hall–Kier alpha value is -3.55. The van der Waals surface area contributed by atoms with Crippen LogP contribution in [-0.2, 0) is 28.4 Å². The molecular formula is C23H24N8OS. The number of nitriles is 1. The van der Waals surface area contributed by atoms with E-state index in [0.29, 0.717) is 34.7 Å². The SMILES string of the molecule is Cc1cc(Nc2ncc(C#N)c(Nc3ccc4c(n3)N=S(C)(=O)C4)n2)cc2c1CCN(C)C2. The summed E-state index contributed by atoms with van der Waals surface area (Å²) in [5, 5.41) is 15.9. The van der Waals surface area contributed by atoms with Crippen molar-refractivity contribution in [3.63, 3.8) is 0 Å². The molecule has 0 bridgehead atoms. The average molecular weight is 461 g/mol. The van der Waals surface area contributed by atoms with Gasteiger partial charge in [-0.1, -0.05) is 6.07 Å². The van der Waals surface area contributed by atoms with Crippen molar-refractivity contribution in [2.24, 2.45) is 4.36 Å². The van der Waals surface area contributed by atoms with Gasteiger partial charge in [0, 0.05) is 30.6 Å². The molecule has 0 spiro atoms. The fraction of sp³-hybridized carbons (Fsp3) is 0.304. The highest BCUT2D eigenvalue weighted by Gasteiger charge is 2.19. The maximum absolute atomic E-state index is 12.3. The van der Waals surface area contributed by atoms with Crippen molar-refractivity contribution >= 4 is 38.8 Å². The molecule has 5 rings (SSSR count). The van der Waals surface area contributed by atoms with Crippen LogP contribution in [0.15, 0.2) is 34.8 Å². The van der Waals surface area contributed by atoms with Gasteiger partial charge in [-0.05, 0) is 55.3 Å². The largest absolute Gasteiger partial charge is 0.324 e. The Balaban J connectivity index is 1.43. The smallest absolute Gasteiger partial charge is 0.229 e. The van der Waals surface area contributed by atoms with Crippen LogP contribution in [0, 0.1) is 18.3 Å². The molecule has 2 aliphatic heterocycles. The first kappa shape index (κ1) is 21.3. The van der Waals surface area contributed by atoms with E-state index < -0.39 is 9.73 Å². The van der Waals surface area contributed by atoms with Gasteiger partial charge < -0.3 is 15.5 Å². The molecule has 1 unspecified atom stereocenters. The molecule has 1 atom stereocenters. The lowest BCUT2D eigenvalue weighted by Gasteiger charge is -2.27. The molecule has 0 aliphatic carbocycles. The van der Waals surface area contributed by atoms with Gasteiger partial charge in [0.2, 0.25) is 5.95 Å². The number of nitrogens with one attached hydrogen (secondary N) is 2. The summed E-state index contributed by atoms with van der Waals surface area (Å²) in [5.74, 6) is 2.06. The number of likely N-dealkylation sites (N-methyl/N-ethyl adjacent to an activating group) is 1. The third-order valence-electron chi connectivity index (χ3n) is 5.82. The van der Waals surface area contributed by atoms with Gasteiger partial charge in [-0.3, -0.25) is 0 Å². The lowest BCUT2D eigenvalue weighted by atomic mass is 9.94. The van der Waals surface area contributed by atoms with Gasteiger partial charge in [-0.2, -0.15) is 14.6 Å². The maximum Gasteiger partial charge on any atom is 0.229 e. The lowest BCUT2D eigenvalue weighted by molar-refractivity contribution is 0.312. The predicted molar refractivity (Wildman–Crippen MR) is 129 cm³/mol. The zero-order valence-electron chi connectivity index (χ0n) is 18.7. The molecule has 0 amide bonds. The standard InChI is InChI=1S/C23H24N8OS/c1-14-8-18(9-16-12-31(2)7-6-19(14)16)26-23-25-11-17(10-24)21(29-23)27-20-5-4-15-13-33(3,32)30-22(15)28-20/h4-5,8-9,11H,6-7,12-13H2,1-3H3,(H2,25,26,27,28,29). The monoisotopic (exact) mass is 460 g/mol. The highest BCUT2D eigenvalue weighted by Crippen LogP contribution is 2.31. The summed E-state index contributed by atoms with van der Waals surface area (Å²) in [6, 6.07) is 9.97. The van der Waals surface area contributed by atoms with Gasteiger partial charge in [0.05, 0.1) is 21.7 Å². The molecule has 2 aliphatic rings. The third kappa shape index (κ3) is 4.37. The van der Waals surface area contributed by atoms with Crippen LogP contribution in [-0.4, -0.2) is 43.9 Å². The van der Waals surface area contributed by atoms with Gasteiger partial charge in [0.15, 0.2) is 11.6 Å². The van der Waals surface area contributed by atoms with Crippen molar-refractivity contribution in [2.75, 3.05) is 30.5 Å². The summed E-state index contributed by atoms with van der Waals surface area (Å²) in [4.78, 5) is 15.6. The Kier molecular flexibility index (Phi) is 5.23. The van der Waals surface area contributed by atoms with E-state index >= 15 is 0 Å². The van der Waals surface area contributed by atoms with Gasteiger partial charge in [-0.25, -0.2) is 14.2 Å². The van der Waals surface area contributed by atoms with Crippen LogP contribution >= 0.6 is 0 Å². The topological polar surface area (TPSA) is 119 Å². The van der Waals surface area contributed by atoms with Gasteiger partial charge >= 0.3 is 0 Å². The lowest BCUT2D eigenvalue weighted by Crippen LogP contribution is -2.27. The van der Waals surface area contributed by atoms with E-state index in [-0.39, 0.29) is 0 Å². The van der Waals surface area contributed by atoms with E-state index in [4.69, 9.17) is 0 Å². The van der Waals surface area contributed by atoms with Crippen LogP contribution in [0.4, 0.5) is 29.1 Å². The molecule has 33 heavy (non-hydrogen) atoms. The van der Waals surface area contributed by atoms with E-state index in [9.17, 15) is 9.47 Å². The van der Waals surface area contributed by atoms with Crippen molar-refractivity contribution in [3.05, 3.63) is 58.3 Å². The molecule has 2 aromatic heterocycles. The minimum Gasteiger partial charge on any atom is -0.324 e. The van der Waals surface area contributed by atoms with Crippen molar-refractivity contribution in [3.8, 4) is 6.07 Å². The van der Waals surface area contributed by atoms with Crippen LogP contribution < -0.4 is 10.6 Å². The number of nitrogens with zero attached hydrogens (tertiary/aromatic N) is 6. The first-order chi connectivity index (χ1) is 15.8. The molecule has 0 saturated heterocycles. The molecule has 0 saturated carbocycles. The number of aryl methyl sites for hydroxylation is 1. The van der Waals surface area contributed by atoms with Gasteiger partial charge in [-0.15, -0.1) is 0 Å².